The van der Waals surface area contributed by atoms with E-state index in [1.54, 1.807) is 6.07 Å². The average Bonchev–Trinajstić information content (AvgIpc) is 2.47. The average molecular weight is 282 g/mol. The Morgan fingerprint density at radius 2 is 2.40 bits per heavy atom. The Kier molecular flexibility index (Phi) is 4.89. The normalized spacial score (nSPS) is 19.8. The van der Waals surface area contributed by atoms with E-state index < -0.39 is 4.92 Å². The van der Waals surface area contributed by atoms with E-state index in [1.807, 2.05) is 6.07 Å². The van der Waals surface area contributed by atoms with Gasteiger partial charge in [0.25, 0.3) is 0 Å². The van der Waals surface area contributed by atoms with Crippen LogP contribution in [0.25, 0.3) is 0 Å². The van der Waals surface area contributed by atoms with Crippen molar-refractivity contribution in [1.29, 1.82) is 0 Å². The molecule has 0 radical (unpaired) electrons. The number of hydrogen-bond donors (Lipinski definition) is 1. The summed E-state index contributed by atoms with van der Waals surface area (Å²) in [5.41, 5.74) is 0.813. The maximum Gasteiger partial charge on any atom is 0.311 e. The number of ether oxygens (including phenoxy) is 2. The third kappa shape index (κ3) is 3.44. The van der Waals surface area contributed by atoms with Crippen molar-refractivity contribution in [2.24, 2.45) is 0 Å². The van der Waals surface area contributed by atoms with Crippen LogP contribution in [0.5, 0.6) is 5.75 Å². The molecule has 2 rings (SSSR count). The zero-order valence-electron chi connectivity index (χ0n) is 11.3. The number of rotatable bonds is 5. The van der Waals surface area contributed by atoms with Crippen LogP contribution in [0.2, 0.25) is 0 Å². The van der Waals surface area contributed by atoms with Crippen LogP contribution in [-0.4, -0.2) is 54.4 Å². The van der Waals surface area contributed by atoms with Gasteiger partial charge in [0, 0.05) is 25.7 Å². The zero-order chi connectivity index (χ0) is 14.5. The lowest BCUT2D eigenvalue weighted by Crippen LogP contribution is -2.43. The Morgan fingerprint density at radius 3 is 3.05 bits per heavy atom. The van der Waals surface area contributed by atoms with Crippen LogP contribution in [0.4, 0.5) is 5.69 Å². The van der Waals surface area contributed by atoms with E-state index in [0.29, 0.717) is 19.7 Å². The van der Waals surface area contributed by atoms with Crippen LogP contribution in [0.3, 0.4) is 0 Å². The topological polar surface area (TPSA) is 85.1 Å². The lowest BCUT2D eigenvalue weighted by Gasteiger charge is -2.31. The van der Waals surface area contributed by atoms with Crippen molar-refractivity contribution in [1.82, 2.24) is 4.90 Å². The standard InChI is InChI=1S/C13H18N2O5/c1-19-13-3-2-10(6-12(13)15(17)18)7-14-4-5-20-11(8-14)9-16/h2-3,6,11,16H,4-5,7-9H2,1H3. The van der Waals surface area contributed by atoms with Crippen molar-refractivity contribution >= 4 is 5.69 Å². The second kappa shape index (κ2) is 6.65. The number of nitro benzene ring substituents is 1. The molecule has 20 heavy (non-hydrogen) atoms. The Bertz CT molecular complexity index is 480. The first kappa shape index (κ1) is 14.7. The molecule has 7 nitrogen and oxygen atoms in total. The molecule has 0 saturated carbocycles. The maximum atomic E-state index is 11.0. The van der Waals surface area contributed by atoms with E-state index in [9.17, 15) is 10.1 Å². The Balaban J connectivity index is 2.09. The fourth-order valence-corrected chi connectivity index (χ4v) is 2.27. The second-order valence-corrected chi connectivity index (χ2v) is 4.67. The number of aliphatic hydroxyl groups excluding tert-OH is 1. The molecule has 1 heterocycles. The predicted molar refractivity (Wildman–Crippen MR) is 71.8 cm³/mol. The van der Waals surface area contributed by atoms with Gasteiger partial charge in [0.1, 0.15) is 0 Å². The number of hydrogen-bond acceptors (Lipinski definition) is 6. The molecular weight excluding hydrogens is 264 g/mol. The summed E-state index contributed by atoms with van der Waals surface area (Å²) in [4.78, 5) is 12.6. The van der Waals surface area contributed by atoms with Gasteiger partial charge in [-0.25, -0.2) is 0 Å². The van der Waals surface area contributed by atoms with Crippen LogP contribution < -0.4 is 4.74 Å². The number of benzene rings is 1. The van der Waals surface area contributed by atoms with Crippen molar-refractivity contribution in [3.05, 3.63) is 33.9 Å². The van der Waals surface area contributed by atoms with Crippen LogP contribution in [-0.2, 0) is 11.3 Å². The van der Waals surface area contributed by atoms with Gasteiger partial charge in [-0.05, 0) is 11.6 Å². The summed E-state index contributed by atoms with van der Waals surface area (Å²) in [5, 5.41) is 20.1. The smallest absolute Gasteiger partial charge is 0.311 e. The summed E-state index contributed by atoms with van der Waals surface area (Å²) in [6.07, 6.45) is -0.183. The molecule has 0 bridgehead atoms. The summed E-state index contributed by atoms with van der Waals surface area (Å²) >= 11 is 0. The van der Waals surface area contributed by atoms with E-state index in [1.165, 1.54) is 13.2 Å². The second-order valence-electron chi connectivity index (χ2n) is 4.67. The molecule has 1 saturated heterocycles. The van der Waals surface area contributed by atoms with Gasteiger partial charge in [-0.3, -0.25) is 15.0 Å². The number of aliphatic hydroxyl groups is 1. The molecule has 1 N–H and O–H groups in total. The third-order valence-corrected chi connectivity index (χ3v) is 3.27. The van der Waals surface area contributed by atoms with E-state index >= 15 is 0 Å². The first-order valence-electron chi connectivity index (χ1n) is 6.40. The fraction of sp³-hybridized carbons (Fsp3) is 0.538. The lowest BCUT2D eigenvalue weighted by atomic mass is 10.1. The minimum Gasteiger partial charge on any atom is -0.490 e. The highest BCUT2D eigenvalue weighted by Gasteiger charge is 2.21. The molecule has 1 aliphatic rings. The number of nitrogens with zero attached hydrogens (tertiary/aromatic N) is 2. The van der Waals surface area contributed by atoms with Gasteiger partial charge >= 0.3 is 5.69 Å². The molecule has 1 aromatic rings. The molecule has 1 aromatic carbocycles. The fourth-order valence-electron chi connectivity index (χ4n) is 2.27. The van der Waals surface area contributed by atoms with Gasteiger partial charge in [-0.1, -0.05) is 6.07 Å². The summed E-state index contributed by atoms with van der Waals surface area (Å²) in [7, 11) is 1.41. The molecule has 1 aliphatic heterocycles. The number of morpholine rings is 1. The minimum absolute atomic E-state index is 0.0146. The SMILES string of the molecule is COc1ccc(CN2CCOC(CO)C2)cc1[N+](=O)[O-]. The van der Waals surface area contributed by atoms with Gasteiger partial charge in [-0.15, -0.1) is 0 Å². The van der Waals surface area contributed by atoms with Crippen molar-refractivity contribution < 1.29 is 19.5 Å². The third-order valence-electron chi connectivity index (χ3n) is 3.27. The van der Waals surface area contributed by atoms with Crippen LogP contribution in [0.1, 0.15) is 5.56 Å². The molecule has 1 fully saturated rings. The predicted octanol–water partition coefficient (Wildman–Crippen LogP) is 0.796. The highest BCUT2D eigenvalue weighted by atomic mass is 16.6. The van der Waals surface area contributed by atoms with Crippen molar-refractivity contribution in [3.63, 3.8) is 0 Å². The number of nitro groups is 1. The summed E-state index contributed by atoms with van der Waals surface area (Å²) in [5.74, 6) is 0.258. The molecular formula is C13H18N2O5. The highest BCUT2D eigenvalue weighted by Crippen LogP contribution is 2.28. The zero-order valence-corrected chi connectivity index (χ0v) is 11.3. The van der Waals surface area contributed by atoms with E-state index in [0.717, 1.165) is 12.1 Å². The van der Waals surface area contributed by atoms with Crippen molar-refractivity contribution in [3.8, 4) is 5.75 Å². The van der Waals surface area contributed by atoms with Crippen LogP contribution in [0, 0.1) is 10.1 Å². The monoisotopic (exact) mass is 282 g/mol. The first-order chi connectivity index (χ1) is 9.63. The molecule has 7 heteroatoms. The summed E-state index contributed by atoms with van der Waals surface area (Å²) < 4.78 is 10.4. The Hall–Kier alpha value is -1.70. The van der Waals surface area contributed by atoms with Crippen LogP contribution >= 0.6 is 0 Å². The summed E-state index contributed by atoms with van der Waals surface area (Å²) in [6, 6.07) is 4.95. The largest absolute Gasteiger partial charge is 0.490 e. The van der Waals surface area contributed by atoms with Gasteiger partial charge in [0.2, 0.25) is 0 Å². The molecule has 0 aliphatic carbocycles. The van der Waals surface area contributed by atoms with Crippen LogP contribution in [0.15, 0.2) is 18.2 Å². The maximum absolute atomic E-state index is 11.0. The Labute approximate surface area is 116 Å². The summed E-state index contributed by atoms with van der Waals surface area (Å²) in [6.45, 7) is 2.50. The molecule has 1 unspecified atom stereocenters. The van der Waals surface area contributed by atoms with Crippen molar-refractivity contribution in [2.75, 3.05) is 33.4 Å². The van der Waals surface area contributed by atoms with Crippen molar-refractivity contribution in [2.45, 2.75) is 12.6 Å². The lowest BCUT2D eigenvalue weighted by molar-refractivity contribution is -0.385. The highest BCUT2D eigenvalue weighted by molar-refractivity contribution is 5.48. The van der Waals surface area contributed by atoms with Gasteiger partial charge in [0.15, 0.2) is 5.75 Å². The minimum atomic E-state index is -0.446. The quantitative estimate of drug-likeness (QED) is 0.635. The molecule has 0 aromatic heterocycles. The molecule has 0 amide bonds. The molecule has 0 spiro atoms. The number of methoxy groups -OCH3 is 1. The first-order valence-corrected chi connectivity index (χ1v) is 6.40. The van der Waals surface area contributed by atoms with Gasteiger partial charge in [0.05, 0.1) is 31.4 Å². The van der Waals surface area contributed by atoms with E-state index in [4.69, 9.17) is 14.6 Å². The van der Waals surface area contributed by atoms with Gasteiger partial charge < -0.3 is 14.6 Å². The van der Waals surface area contributed by atoms with E-state index in [-0.39, 0.29) is 24.1 Å². The molecule has 1 atom stereocenters. The van der Waals surface area contributed by atoms with Gasteiger partial charge in [-0.2, -0.15) is 0 Å². The Morgan fingerprint density at radius 1 is 1.60 bits per heavy atom. The van der Waals surface area contributed by atoms with E-state index in [2.05, 4.69) is 4.90 Å². The molecule has 110 valence electrons.